The molecule has 0 aliphatic rings. The second kappa shape index (κ2) is 9.12. The maximum atomic E-state index is 13.6. The molecule has 0 fully saturated rings. The lowest BCUT2D eigenvalue weighted by Crippen LogP contribution is -2.37. The van der Waals surface area contributed by atoms with E-state index in [0.29, 0.717) is 27.5 Å². The van der Waals surface area contributed by atoms with E-state index in [1.54, 1.807) is 20.8 Å². The lowest BCUT2D eigenvalue weighted by atomic mass is 10.1. The Balaban J connectivity index is 2.23. The molecule has 7 nitrogen and oxygen atoms in total. The molecule has 170 valence electrons. The van der Waals surface area contributed by atoms with Crippen molar-refractivity contribution in [3.63, 3.8) is 0 Å². The molecule has 1 amide bonds. The summed E-state index contributed by atoms with van der Waals surface area (Å²) in [6.07, 6.45) is 0.404. The van der Waals surface area contributed by atoms with Crippen LogP contribution in [0.2, 0.25) is 0 Å². The summed E-state index contributed by atoms with van der Waals surface area (Å²) < 4.78 is 52.0. The van der Waals surface area contributed by atoms with Crippen molar-refractivity contribution in [2.75, 3.05) is 10.9 Å². The summed E-state index contributed by atoms with van der Waals surface area (Å²) in [5.74, 6) is -1.51. The third kappa shape index (κ3) is 4.25. The number of esters is 1. The summed E-state index contributed by atoms with van der Waals surface area (Å²) >= 11 is 0. The molecular formula is C23H24FNO6S. The second-order valence-electron chi connectivity index (χ2n) is 7.26. The van der Waals surface area contributed by atoms with Crippen molar-refractivity contribution in [3.8, 4) is 0 Å². The summed E-state index contributed by atoms with van der Waals surface area (Å²) in [7, 11) is -4.36. The van der Waals surface area contributed by atoms with Crippen LogP contribution in [0.3, 0.4) is 0 Å². The van der Waals surface area contributed by atoms with Crippen molar-refractivity contribution < 1.29 is 31.6 Å². The van der Waals surface area contributed by atoms with Gasteiger partial charge in [0.2, 0.25) is 5.91 Å². The third-order valence-electron chi connectivity index (χ3n) is 4.91. The maximum Gasteiger partial charge on any atom is 0.342 e. The highest BCUT2D eigenvalue weighted by atomic mass is 32.2. The van der Waals surface area contributed by atoms with Crippen LogP contribution < -0.4 is 4.31 Å². The SMILES string of the molecule is CCCC(=O)N(c1ccc2oc(C)c(C(=O)OCC)c2c1)S(=O)(=O)c1ccc(F)cc1C. The standard InChI is InChI=1S/C23H24FNO6S/c1-5-7-21(26)25(32(28,29)20-11-8-16(24)12-14(20)3)17-9-10-19-18(13-17)22(15(4)31-19)23(27)30-6-2/h8-13H,5-7H2,1-4H3. The smallest absolute Gasteiger partial charge is 0.342 e. The molecule has 0 bridgehead atoms. The van der Waals surface area contributed by atoms with E-state index >= 15 is 0 Å². The van der Waals surface area contributed by atoms with Crippen LogP contribution in [0.4, 0.5) is 10.1 Å². The molecule has 1 aromatic heterocycles. The Bertz CT molecular complexity index is 1300. The number of nitrogens with zero attached hydrogens (tertiary/aromatic N) is 1. The van der Waals surface area contributed by atoms with Crippen molar-refractivity contribution in [3.05, 3.63) is 59.1 Å². The average Bonchev–Trinajstić information content (AvgIpc) is 3.03. The fourth-order valence-corrected chi connectivity index (χ4v) is 5.18. The second-order valence-corrected chi connectivity index (χ2v) is 9.01. The monoisotopic (exact) mass is 461 g/mol. The molecule has 0 aliphatic carbocycles. The summed E-state index contributed by atoms with van der Waals surface area (Å²) in [6, 6.07) is 7.61. The van der Waals surface area contributed by atoms with Gasteiger partial charge in [0.05, 0.1) is 17.2 Å². The van der Waals surface area contributed by atoms with E-state index in [2.05, 4.69) is 0 Å². The Morgan fingerprint density at radius 1 is 1.09 bits per heavy atom. The van der Waals surface area contributed by atoms with Crippen molar-refractivity contribution in [1.29, 1.82) is 0 Å². The molecule has 0 spiro atoms. The molecule has 2 aromatic carbocycles. The van der Waals surface area contributed by atoms with Crippen molar-refractivity contribution in [1.82, 2.24) is 0 Å². The number of anilines is 1. The van der Waals surface area contributed by atoms with Crippen LogP contribution in [0.15, 0.2) is 45.7 Å². The van der Waals surface area contributed by atoms with E-state index in [0.717, 1.165) is 18.2 Å². The van der Waals surface area contributed by atoms with Gasteiger partial charge in [-0.3, -0.25) is 4.79 Å². The minimum atomic E-state index is -4.36. The van der Waals surface area contributed by atoms with Gasteiger partial charge in [-0.2, -0.15) is 0 Å². The molecular weight excluding hydrogens is 437 g/mol. The number of aryl methyl sites for hydroxylation is 2. The number of fused-ring (bicyclic) bond motifs is 1. The van der Waals surface area contributed by atoms with Crippen LogP contribution in [0.1, 0.15) is 48.4 Å². The lowest BCUT2D eigenvalue weighted by molar-refractivity contribution is -0.117. The van der Waals surface area contributed by atoms with Gasteiger partial charge < -0.3 is 9.15 Å². The number of ether oxygens (including phenoxy) is 1. The molecule has 0 saturated heterocycles. The first-order chi connectivity index (χ1) is 15.1. The van der Waals surface area contributed by atoms with Gasteiger partial charge in [-0.15, -0.1) is 0 Å². The number of amides is 1. The number of halogens is 1. The van der Waals surface area contributed by atoms with E-state index in [-0.39, 0.29) is 34.7 Å². The van der Waals surface area contributed by atoms with Gasteiger partial charge in [0.1, 0.15) is 22.7 Å². The molecule has 0 unspecified atom stereocenters. The molecule has 0 saturated carbocycles. The maximum absolute atomic E-state index is 13.6. The number of benzene rings is 2. The van der Waals surface area contributed by atoms with Crippen LogP contribution in [-0.2, 0) is 19.6 Å². The molecule has 0 aliphatic heterocycles. The van der Waals surface area contributed by atoms with Crippen molar-refractivity contribution >= 4 is 38.6 Å². The zero-order chi connectivity index (χ0) is 23.6. The van der Waals surface area contributed by atoms with Crippen LogP contribution in [0.5, 0.6) is 0 Å². The van der Waals surface area contributed by atoms with Gasteiger partial charge in [0.15, 0.2) is 0 Å². The third-order valence-corrected chi connectivity index (χ3v) is 6.82. The molecule has 1 heterocycles. The zero-order valence-corrected chi connectivity index (χ0v) is 19.1. The summed E-state index contributed by atoms with van der Waals surface area (Å²) in [6.45, 7) is 6.64. The lowest BCUT2D eigenvalue weighted by Gasteiger charge is -2.23. The highest BCUT2D eigenvalue weighted by Gasteiger charge is 2.32. The first-order valence-electron chi connectivity index (χ1n) is 10.2. The number of carbonyl (C=O) groups is 2. The highest BCUT2D eigenvalue weighted by Crippen LogP contribution is 2.33. The Labute approximate surface area is 185 Å². The topological polar surface area (TPSA) is 93.9 Å². The minimum absolute atomic E-state index is 0.0212. The average molecular weight is 462 g/mol. The summed E-state index contributed by atoms with van der Waals surface area (Å²) in [5, 5.41) is 0.332. The fourth-order valence-electron chi connectivity index (χ4n) is 3.52. The van der Waals surface area contributed by atoms with E-state index in [4.69, 9.17) is 9.15 Å². The number of sulfonamides is 1. The molecule has 3 aromatic rings. The fraction of sp³-hybridized carbons (Fsp3) is 0.304. The van der Waals surface area contributed by atoms with Gasteiger partial charge >= 0.3 is 5.97 Å². The zero-order valence-electron chi connectivity index (χ0n) is 18.3. The normalized spacial score (nSPS) is 11.5. The molecule has 0 radical (unpaired) electrons. The highest BCUT2D eigenvalue weighted by molar-refractivity contribution is 7.93. The number of carbonyl (C=O) groups excluding carboxylic acids is 2. The van der Waals surface area contributed by atoms with E-state index < -0.39 is 27.7 Å². The summed E-state index contributed by atoms with van der Waals surface area (Å²) in [5.41, 5.74) is 0.743. The van der Waals surface area contributed by atoms with Crippen molar-refractivity contribution in [2.24, 2.45) is 0 Å². The number of rotatable bonds is 7. The predicted octanol–water partition coefficient (Wildman–Crippen LogP) is 4.89. The van der Waals surface area contributed by atoms with Crippen LogP contribution in [-0.4, -0.2) is 26.9 Å². The number of hydrogen-bond donors (Lipinski definition) is 0. The van der Waals surface area contributed by atoms with Gasteiger partial charge in [0.25, 0.3) is 10.0 Å². The van der Waals surface area contributed by atoms with E-state index in [1.807, 2.05) is 0 Å². The predicted molar refractivity (Wildman–Crippen MR) is 118 cm³/mol. The number of furan rings is 1. The summed E-state index contributed by atoms with van der Waals surface area (Å²) in [4.78, 5) is 25.2. The Hall–Kier alpha value is -3.20. The first kappa shape index (κ1) is 23.5. The Morgan fingerprint density at radius 3 is 2.44 bits per heavy atom. The molecule has 32 heavy (non-hydrogen) atoms. The molecule has 0 atom stereocenters. The van der Waals surface area contributed by atoms with E-state index in [9.17, 15) is 22.4 Å². The Kier molecular flexibility index (Phi) is 6.68. The van der Waals surface area contributed by atoms with Gasteiger partial charge in [-0.1, -0.05) is 6.92 Å². The van der Waals surface area contributed by atoms with Gasteiger partial charge in [-0.25, -0.2) is 21.9 Å². The van der Waals surface area contributed by atoms with Gasteiger partial charge in [-0.05, 0) is 69.2 Å². The van der Waals surface area contributed by atoms with Crippen LogP contribution in [0.25, 0.3) is 11.0 Å². The number of hydrogen-bond acceptors (Lipinski definition) is 6. The molecule has 3 rings (SSSR count). The quantitative estimate of drug-likeness (QED) is 0.465. The van der Waals surface area contributed by atoms with Gasteiger partial charge in [0, 0.05) is 11.8 Å². The van der Waals surface area contributed by atoms with Crippen molar-refractivity contribution in [2.45, 2.75) is 45.4 Å². The molecule has 9 heteroatoms. The molecule has 0 N–H and O–H groups in total. The largest absolute Gasteiger partial charge is 0.462 e. The van der Waals surface area contributed by atoms with E-state index in [1.165, 1.54) is 25.1 Å². The minimum Gasteiger partial charge on any atom is -0.462 e. The van der Waals surface area contributed by atoms with Crippen LogP contribution in [0, 0.1) is 19.7 Å². The first-order valence-corrected chi connectivity index (χ1v) is 11.6. The van der Waals surface area contributed by atoms with Crippen LogP contribution >= 0.6 is 0 Å². The Morgan fingerprint density at radius 2 is 1.81 bits per heavy atom.